The lowest BCUT2D eigenvalue weighted by Gasteiger charge is -2.24. The zero-order chi connectivity index (χ0) is 36.1. The molecule has 4 amide bonds. The number of benzene rings is 1. The number of anilines is 1. The van der Waals surface area contributed by atoms with Gasteiger partial charge >= 0.3 is 12.1 Å². The topological polar surface area (TPSA) is 243 Å². The Labute approximate surface area is 283 Å². The number of primary amides is 1. The second kappa shape index (κ2) is 18.1. The fourth-order valence-electron chi connectivity index (χ4n) is 4.55. The summed E-state index contributed by atoms with van der Waals surface area (Å²) in [6.45, 7) is 6.45. The molecule has 2 aromatic heterocycles. The summed E-state index contributed by atoms with van der Waals surface area (Å²) in [5.74, 6) is -2.51. The van der Waals surface area contributed by atoms with Crippen molar-refractivity contribution in [3.05, 3.63) is 70.9 Å². The number of aromatic amines is 1. The minimum Gasteiger partial charge on any atom is -0.461 e. The summed E-state index contributed by atoms with van der Waals surface area (Å²) in [5.41, 5.74) is 12.0. The number of pyridine rings is 1. The maximum Gasteiger partial charge on any atom is 0.407 e. The van der Waals surface area contributed by atoms with Crippen LogP contribution in [0.15, 0.2) is 59.5 Å². The fourth-order valence-corrected chi connectivity index (χ4v) is 4.55. The van der Waals surface area contributed by atoms with E-state index in [1.54, 1.807) is 40.0 Å². The molecule has 0 aliphatic heterocycles. The molecular weight excluding hydrogens is 636 g/mol. The molecule has 0 aliphatic carbocycles. The molecule has 3 atom stereocenters. The second-order valence-corrected chi connectivity index (χ2v) is 11.9. The number of rotatable bonds is 17. The molecule has 0 fully saturated rings. The molecule has 0 saturated carbocycles. The fraction of sp³-hybridized carbons (Fsp3) is 0.424. The van der Waals surface area contributed by atoms with Crippen LogP contribution in [0.4, 0.5) is 10.5 Å². The van der Waals surface area contributed by atoms with Crippen molar-refractivity contribution in [2.24, 2.45) is 23.3 Å². The van der Waals surface area contributed by atoms with Gasteiger partial charge in [-0.3, -0.25) is 19.2 Å². The van der Waals surface area contributed by atoms with Gasteiger partial charge in [0.1, 0.15) is 36.8 Å². The normalized spacial score (nSPS) is 13.2. The van der Waals surface area contributed by atoms with Gasteiger partial charge in [-0.15, -0.1) is 0 Å². The van der Waals surface area contributed by atoms with Gasteiger partial charge in [0.15, 0.2) is 0 Å². The third-order valence-corrected chi connectivity index (χ3v) is 7.35. The van der Waals surface area contributed by atoms with Gasteiger partial charge in [0.2, 0.25) is 17.7 Å². The van der Waals surface area contributed by atoms with Gasteiger partial charge in [0, 0.05) is 6.20 Å². The van der Waals surface area contributed by atoms with Crippen LogP contribution >= 0.6 is 0 Å². The zero-order valence-electron chi connectivity index (χ0n) is 27.9. The summed E-state index contributed by atoms with van der Waals surface area (Å²) in [6.07, 6.45) is 3.31. The van der Waals surface area contributed by atoms with Crippen molar-refractivity contribution in [1.82, 2.24) is 25.2 Å². The van der Waals surface area contributed by atoms with Gasteiger partial charge in [-0.05, 0) is 55.0 Å². The number of carbonyl (C=O) groups is 5. The Balaban J connectivity index is 1.60. The SMILES string of the molecule is CC(C)C(N)C(=O)NC(C(=O)OCCOC(=O)NC(CC/C=C/C(N)=O)C(=O)Nc1cccn(Cc2nc3ccccc3[nH]2)c1=O)C(C)C. The number of imidazole rings is 1. The van der Waals surface area contributed by atoms with Crippen LogP contribution in [0.5, 0.6) is 0 Å². The molecule has 3 unspecified atom stereocenters. The smallest absolute Gasteiger partial charge is 0.407 e. The largest absolute Gasteiger partial charge is 0.461 e. The number of nitrogens with zero attached hydrogens (tertiary/aromatic N) is 2. The standard InChI is InChI=1S/C33H44N8O8/c1-19(2)27(35)30(44)40-28(20(3)4)32(46)48-16-17-49-33(47)39-23(12-7-8-14-25(34)42)29(43)38-24-13-9-15-41(31(24)45)18-26-36-21-10-5-6-11-22(21)37-26/h5-6,8-11,13-15,19-20,23,27-28H,7,12,16-18,35H2,1-4H3,(H2,34,42)(H,36,37)(H,38,43)(H,39,47)(H,40,44)/b14-8+. The molecule has 0 saturated heterocycles. The van der Waals surface area contributed by atoms with Crippen molar-refractivity contribution < 1.29 is 33.4 Å². The number of ether oxygens (including phenoxy) is 2. The number of alkyl carbamates (subject to hydrolysis) is 1. The van der Waals surface area contributed by atoms with Gasteiger partial charge in [-0.1, -0.05) is 45.9 Å². The third kappa shape index (κ3) is 11.6. The number of carbonyl (C=O) groups excluding carboxylic acids is 5. The molecule has 264 valence electrons. The van der Waals surface area contributed by atoms with Crippen molar-refractivity contribution in [3.8, 4) is 0 Å². The van der Waals surface area contributed by atoms with Crippen molar-refractivity contribution in [3.63, 3.8) is 0 Å². The van der Waals surface area contributed by atoms with E-state index in [9.17, 15) is 28.8 Å². The molecule has 49 heavy (non-hydrogen) atoms. The van der Waals surface area contributed by atoms with E-state index in [1.807, 2.05) is 24.3 Å². The summed E-state index contributed by atoms with van der Waals surface area (Å²) in [6, 6.07) is 7.47. The van der Waals surface area contributed by atoms with Crippen LogP contribution < -0.4 is 33.0 Å². The molecule has 3 rings (SSSR count). The van der Waals surface area contributed by atoms with Gasteiger partial charge < -0.3 is 46.4 Å². The number of allylic oxidation sites excluding steroid dienone is 1. The van der Waals surface area contributed by atoms with Crippen molar-refractivity contribution in [1.29, 1.82) is 0 Å². The van der Waals surface area contributed by atoms with Crippen LogP contribution in [0.25, 0.3) is 11.0 Å². The summed E-state index contributed by atoms with van der Waals surface area (Å²) >= 11 is 0. The van der Waals surface area contributed by atoms with Crippen LogP contribution in [-0.2, 0) is 35.2 Å². The Bertz CT molecular complexity index is 1680. The highest BCUT2D eigenvalue weighted by Gasteiger charge is 2.29. The maximum absolute atomic E-state index is 13.3. The highest BCUT2D eigenvalue weighted by atomic mass is 16.6. The first-order chi connectivity index (χ1) is 23.3. The van der Waals surface area contributed by atoms with Crippen LogP contribution in [0.3, 0.4) is 0 Å². The van der Waals surface area contributed by atoms with Crippen molar-refractivity contribution >= 4 is 46.5 Å². The minimum atomic E-state index is -1.19. The molecule has 1 aromatic carbocycles. The number of nitrogens with one attached hydrogen (secondary N) is 4. The Kier molecular flexibility index (Phi) is 14.1. The number of esters is 1. The summed E-state index contributed by atoms with van der Waals surface area (Å²) in [7, 11) is 0. The quantitative estimate of drug-likeness (QED) is 0.0678. The van der Waals surface area contributed by atoms with Gasteiger partial charge in [0.25, 0.3) is 5.56 Å². The lowest BCUT2D eigenvalue weighted by Crippen LogP contribution is -2.52. The lowest BCUT2D eigenvalue weighted by atomic mass is 10.0. The second-order valence-electron chi connectivity index (χ2n) is 11.9. The Morgan fingerprint density at radius 2 is 1.67 bits per heavy atom. The average molecular weight is 681 g/mol. The van der Waals surface area contributed by atoms with E-state index < -0.39 is 53.5 Å². The summed E-state index contributed by atoms with van der Waals surface area (Å²) in [5, 5.41) is 7.58. The zero-order valence-corrected chi connectivity index (χ0v) is 27.9. The van der Waals surface area contributed by atoms with E-state index in [0.717, 1.165) is 17.1 Å². The van der Waals surface area contributed by atoms with Crippen LogP contribution in [0.2, 0.25) is 0 Å². The first-order valence-electron chi connectivity index (χ1n) is 15.8. The molecule has 3 aromatic rings. The van der Waals surface area contributed by atoms with Gasteiger partial charge in [-0.2, -0.15) is 0 Å². The predicted octanol–water partition coefficient (Wildman–Crippen LogP) is 1.30. The van der Waals surface area contributed by atoms with Crippen molar-refractivity contribution in [2.75, 3.05) is 18.5 Å². The molecular formula is C33H44N8O8. The maximum atomic E-state index is 13.3. The van der Waals surface area contributed by atoms with Crippen LogP contribution in [0.1, 0.15) is 46.4 Å². The number of nitrogens with two attached hydrogens (primary N) is 2. The molecule has 0 bridgehead atoms. The summed E-state index contributed by atoms with van der Waals surface area (Å²) in [4.78, 5) is 82.8. The number of fused-ring (bicyclic) bond motifs is 1. The monoisotopic (exact) mass is 680 g/mol. The molecule has 2 heterocycles. The highest BCUT2D eigenvalue weighted by molar-refractivity contribution is 5.96. The first kappa shape index (κ1) is 37.9. The predicted molar refractivity (Wildman–Crippen MR) is 181 cm³/mol. The number of hydrogen-bond donors (Lipinski definition) is 6. The van der Waals surface area contributed by atoms with E-state index in [2.05, 4.69) is 25.9 Å². The van der Waals surface area contributed by atoms with Gasteiger partial charge in [-0.25, -0.2) is 14.6 Å². The number of H-pyrrole nitrogens is 1. The van der Waals surface area contributed by atoms with Crippen LogP contribution in [-0.4, -0.2) is 75.7 Å². The number of aromatic nitrogens is 3. The molecule has 0 aliphatic rings. The Hall–Kier alpha value is -5.51. The molecule has 0 spiro atoms. The van der Waals surface area contributed by atoms with Crippen LogP contribution in [0, 0.1) is 11.8 Å². The number of para-hydroxylation sites is 2. The van der Waals surface area contributed by atoms with E-state index in [1.165, 1.54) is 16.7 Å². The minimum absolute atomic E-state index is 0.0218. The molecule has 0 radical (unpaired) electrons. The lowest BCUT2D eigenvalue weighted by molar-refractivity contribution is -0.150. The van der Waals surface area contributed by atoms with E-state index in [0.29, 0.717) is 5.82 Å². The third-order valence-electron chi connectivity index (χ3n) is 7.35. The summed E-state index contributed by atoms with van der Waals surface area (Å²) < 4.78 is 11.7. The van der Waals surface area contributed by atoms with Gasteiger partial charge in [0.05, 0.1) is 23.6 Å². The average Bonchev–Trinajstić information content (AvgIpc) is 3.46. The van der Waals surface area contributed by atoms with E-state index >= 15 is 0 Å². The van der Waals surface area contributed by atoms with E-state index in [4.69, 9.17) is 20.9 Å². The molecule has 16 nitrogen and oxygen atoms in total. The number of hydrogen-bond acceptors (Lipinski definition) is 10. The first-order valence-corrected chi connectivity index (χ1v) is 15.8. The van der Waals surface area contributed by atoms with Crippen molar-refractivity contribution in [2.45, 2.75) is 65.2 Å². The number of amides is 4. The Morgan fingerprint density at radius 1 is 0.959 bits per heavy atom. The Morgan fingerprint density at radius 3 is 2.35 bits per heavy atom. The van der Waals surface area contributed by atoms with E-state index in [-0.39, 0.29) is 50.1 Å². The molecule has 8 N–H and O–H groups in total. The highest BCUT2D eigenvalue weighted by Crippen LogP contribution is 2.12. The molecule has 16 heteroatoms.